The van der Waals surface area contributed by atoms with Gasteiger partial charge in [0.2, 0.25) is 5.91 Å². The number of carbonyl (C=O) groups excluding carboxylic acids is 2. The zero-order chi connectivity index (χ0) is 15.0. The molecule has 0 fully saturated rings. The van der Waals surface area contributed by atoms with Crippen molar-refractivity contribution in [2.45, 2.75) is 38.4 Å². The van der Waals surface area contributed by atoms with Crippen molar-refractivity contribution in [1.82, 2.24) is 5.43 Å². The quantitative estimate of drug-likeness (QED) is 0.838. The van der Waals surface area contributed by atoms with E-state index in [1.165, 1.54) is 11.8 Å². The van der Waals surface area contributed by atoms with Crippen molar-refractivity contribution in [3.05, 3.63) is 28.8 Å². The van der Waals surface area contributed by atoms with E-state index in [1.807, 2.05) is 19.9 Å². The number of hydrazone groups is 1. The van der Waals surface area contributed by atoms with Gasteiger partial charge in [0.1, 0.15) is 0 Å². The topological polar surface area (TPSA) is 70.6 Å². The Morgan fingerprint density at radius 1 is 1.29 bits per heavy atom. The van der Waals surface area contributed by atoms with E-state index in [9.17, 15) is 9.59 Å². The minimum atomic E-state index is -0.120. The van der Waals surface area contributed by atoms with E-state index in [0.717, 1.165) is 40.9 Å². The molecule has 3 rings (SSSR count). The number of nitrogens with one attached hydrogen (secondary N) is 2. The minimum absolute atomic E-state index is 0.0246. The summed E-state index contributed by atoms with van der Waals surface area (Å²) in [6.07, 6.45) is 2.30. The predicted molar refractivity (Wildman–Crippen MR) is 84.9 cm³/mol. The van der Waals surface area contributed by atoms with Gasteiger partial charge in [0, 0.05) is 12.1 Å². The molecule has 1 unspecified atom stereocenters. The Balaban J connectivity index is 2.02. The van der Waals surface area contributed by atoms with E-state index in [4.69, 9.17) is 0 Å². The lowest BCUT2D eigenvalue weighted by molar-refractivity contribution is -0.116. The third kappa shape index (κ3) is 2.81. The number of aryl methyl sites for hydroxylation is 2. The Bertz CT molecular complexity index is 655. The van der Waals surface area contributed by atoms with Gasteiger partial charge in [-0.1, -0.05) is 11.8 Å². The SMILES string of the molecule is Cc1cc(C2=NNC(=O)SC2C)cc2c1NC(=O)CCC2. The third-order valence-electron chi connectivity index (χ3n) is 3.76. The third-order valence-corrected chi connectivity index (χ3v) is 4.65. The van der Waals surface area contributed by atoms with E-state index >= 15 is 0 Å². The van der Waals surface area contributed by atoms with Gasteiger partial charge >= 0.3 is 0 Å². The molecule has 2 amide bonds. The van der Waals surface area contributed by atoms with Crippen molar-refractivity contribution >= 4 is 34.3 Å². The first kappa shape index (κ1) is 14.1. The molecular weight excluding hydrogens is 286 g/mol. The highest BCUT2D eigenvalue weighted by Gasteiger charge is 2.24. The fraction of sp³-hybridized carbons (Fsp3) is 0.400. The van der Waals surface area contributed by atoms with E-state index in [2.05, 4.69) is 21.9 Å². The average molecular weight is 303 g/mol. The van der Waals surface area contributed by atoms with E-state index in [0.29, 0.717) is 6.42 Å². The molecule has 21 heavy (non-hydrogen) atoms. The lowest BCUT2D eigenvalue weighted by Gasteiger charge is -2.20. The first-order valence-electron chi connectivity index (χ1n) is 7.02. The van der Waals surface area contributed by atoms with Gasteiger partial charge in [-0.3, -0.25) is 9.59 Å². The maximum atomic E-state index is 11.7. The first-order valence-corrected chi connectivity index (χ1v) is 7.90. The van der Waals surface area contributed by atoms with E-state index in [-0.39, 0.29) is 16.4 Å². The number of amides is 2. The fourth-order valence-electron chi connectivity index (χ4n) is 2.76. The van der Waals surface area contributed by atoms with Crippen LogP contribution in [0.15, 0.2) is 17.2 Å². The number of hydrogen-bond donors (Lipinski definition) is 2. The maximum absolute atomic E-state index is 11.7. The monoisotopic (exact) mass is 303 g/mol. The highest BCUT2D eigenvalue weighted by molar-refractivity contribution is 8.14. The molecule has 5 nitrogen and oxygen atoms in total. The first-order chi connectivity index (χ1) is 10.0. The van der Waals surface area contributed by atoms with Crippen LogP contribution < -0.4 is 10.7 Å². The van der Waals surface area contributed by atoms with Crippen LogP contribution in [0.25, 0.3) is 0 Å². The van der Waals surface area contributed by atoms with Crippen molar-refractivity contribution < 1.29 is 9.59 Å². The minimum Gasteiger partial charge on any atom is -0.326 e. The summed E-state index contributed by atoms with van der Waals surface area (Å²) >= 11 is 1.24. The number of fused-ring (bicyclic) bond motifs is 1. The second kappa shape index (κ2) is 5.52. The molecule has 0 saturated carbocycles. The van der Waals surface area contributed by atoms with Crippen LogP contribution >= 0.6 is 11.8 Å². The highest BCUT2D eigenvalue weighted by atomic mass is 32.2. The fourth-order valence-corrected chi connectivity index (χ4v) is 3.48. The van der Waals surface area contributed by atoms with Crippen molar-refractivity contribution in [1.29, 1.82) is 0 Å². The van der Waals surface area contributed by atoms with Gasteiger partial charge in [0.05, 0.1) is 11.0 Å². The summed E-state index contributed by atoms with van der Waals surface area (Å²) < 4.78 is 0. The highest BCUT2D eigenvalue weighted by Crippen LogP contribution is 2.30. The molecule has 0 bridgehead atoms. The number of hydrogen-bond acceptors (Lipinski definition) is 4. The molecule has 0 aliphatic carbocycles. The van der Waals surface area contributed by atoms with Gasteiger partial charge in [-0.05, 0) is 55.5 Å². The zero-order valence-corrected chi connectivity index (χ0v) is 12.8. The van der Waals surface area contributed by atoms with Gasteiger partial charge in [0.15, 0.2) is 0 Å². The Morgan fingerprint density at radius 3 is 2.86 bits per heavy atom. The molecule has 110 valence electrons. The lowest BCUT2D eigenvalue weighted by atomic mass is 9.97. The number of benzene rings is 1. The summed E-state index contributed by atoms with van der Waals surface area (Å²) in [6.45, 7) is 3.97. The van der Waals surface area contributed by atoms with Gasteiger partial charge < -0.3 is 5.32 Å². The molecule has 2 heterocycles. The Kier molecular flexibility index (Phi) is 3.71. The summed E-state index contributed by atoms with van der Waals surface area (Å²) in [5.41, 5.74) is 7.53. The standard InChI is InChI=1S/C15H17N3O2S/c1-8-6-11(14-9(2)21-15(20)18-17-14)7-10-4-3-5-12(19)16-13(8)10/h6-7,9H,3-5H2,1-2H3,(H,16,19)(H,18,20). The molecular formula is C15H17N3O2S. The molecule has 1 aromatic carbocycles. The molecule has 2 aliphatic heterocycles. The lowest BCUT2D eigenvalue weighted by Crippen LogP contribution is -2.30. The molecule has 6 heteroatoms. The molecule has 0 spiro atoms. The van der Waals surface area contributed by atoms with Crippen molar-refractivity contribution in [2.24, 2.45) is 5.10 Å². The molecule has 0 radical (unpaired) electrons. The van der Waals surface area contributed by atoms with Gasteiger partial charge in [-0.2, -0.15) is 5.10 Å². The van der Waals surface area contributed by atoms with Crippen LogP contribution in [-0.2, 0) is 11.2 Å². The Hall–Kier alpha value is -1.82. The summed E-state index contributed by atoms with van der Waals surface area (Å²) in [4.78, 5) is 23.0. The molecule has 1 aromatic rings. The van der Waals surface area contributed by atoms with Gasteiger partial charge in [-0.25, -0.2) is 5.43 Å². The van der Waals surface area contributed by atoms with Crippen LogP contribution in [0.1, 0.15) is 36.5 Å². The predicted octanol–water partition coefficient (Wildman–Crippen LogP) is 2.82. The van der Waals surface area contributed by atoms with Crippen LogP contribution in [0.3, 0.4) is 0 Å². The summed E-state index contributed by atoms with van der Waals surface area (Å²) in [6, 6.07) is 4.11. The maximum Gasteiger partial charge on any atom is 0.299 e. The van der Waals surface area contributed by atoms with Crippen LogP contribution in [-0.4, -0.2) is 22.1 Å². The summed E-state index contributed by atoms with van der Waals surface area (Å²) in [5.74, 6) is 0.0794. The van der Waals surface area contributed by atoms with Crippen molar-refractivity contribution in [3.63, 3.8) is 0 Å². The number of carbonyl (C=O) groups is 2. The second-order valence-electron chi connectivity index (χ2n) is 5.39. The Labute approximate surface area is 127 Å². The number of nitrogens with zero attached hydrogens (tertiary/aromatic N) is 1. The smallest absolute Gasteiger partial charge is 0.299 e. The molecule has 1 atom stereocenters. The van der Waals surface area contributed by atoms with Crippen molar-refractivity contribution in [2.75, 3.05) is 5.32 Å². The molecule has 2 aliphatic rings. The number of thioether (sulfide) groups is 1. The van der Waals surface area contributed by atoms with Crippen LogP contribution in [0.4, 0.5) is 10.5 Å². The van der Waals surface area contributed by atoms with Crippen molar-refractivity contribution in [3.8, 4) is 0 Å². The zero-order valence-electron chi connectivity index (χ0n) is 12.0. The Morgan fingerprint density at radius 2 is 2.10 bits per heavy atom. The summed E-state index contributed by atoms with van der Waals surface area (Å²) in [5, 5.41) is 7.09. The average Bonchev–Trinajstić information content (AvgIpc) is 2.60. The largest absolute Gasteiger partial charge is 0.326 e. The number of anilines is 1. The van der Waals surface area contributed by atoms with E-state index in [1.54, 1.807) is 0 Å². The van der Waals surface area contributed by atoms with Gasteiger partial charge in [-0.15, -0.1) is 0 Å². The van der Waals surface area contributed by atoms with Crippen LogP contribution in [0.5, 0.6) is 0 Å². The molecule has 2 N–H and O–H groups in total. The molecule has 0 aromatic heterocycles. The van der Waals surface area contributed by atoms with Gasteiger partial charge in [0.25, 0.3) is 5.24 Å². The second-order valence-corrected chi connectivity index (χ2v) is 6.70. The number of rotatable bonds is 1. The van der Waals surface area contributed by atoms with Crippen LogP contribution in [0, 0.1) is 6.92 Å². The van der Waals surface area contributed by atoms with Crippen LogP contribution in [0.2, 0.25) is 0 Å². The summed E-state index contributed by atoms with van der Waals surface area (Å²) in [7, 11) is 0. The molecule has 0 saturated heterocycles. The normalized spacial score (nSPS) is 21.8. The van der Waals surface area contributed by atoms with E-state index < -0.39 is 0 Å².